The van der Waals surface area contributed by atoms with Crippen LogP contribution in [0.25, 0.3) is 0 Å². The van der Waals surface area contributed by atoms with Crippen LogP contribution in [-0.2, 0) is 9.47 Å². The van der Waals surface area contributed by atoms with E-state index in [-0.39, 0.29) is 0 Å². The molecule has 0 spiro atoms. The zero-order chi connectivity index (χ0) is 11.6. The standard InChI is InChI=1S/C12H26N2O2/c1-14(12-4-9-16-10-5-12)8-3-6-13-7-11-15-2/h12-13H,3-11H2,1-2H3. The van der Waals surface area contributed by atoms with Gasteiger partial charge in [-0.1, -0.05) is 0 Å². The van der Waals surface area contributed by atoms with Crippen LogP contribution in [0.3, 0.4) is 0 Å². The average Bonchev–Trinajstić information content (AvgIpc) is 2.34. The highest BCUT2D eigenvalue weighted by atomic mass is 16.5. The van der Waals surface area contributed by atoms with E-state index >= 15 is 0 Å². The van der Waals surface area contributed by atoms with Crippen LogP contribution in [0.5, 0.6) is 0 Å². The van der Waals surface area contributed by atoms with Gasteiger partial charge >= 0.3 is 0 Å². The predicted molar refractivity (Wildman–Crippen MR) is 65.8 cm³/mol. The van der Waals surface area contributed by atoms with Gasteiger partial charge in [0.25, 0.3) is 0 Å². The summed E-state index contributed by atoms with van der Waals surface area (Å²) in [6.45, 7) is 5.87. The second-order valence-corrected chi connectivity index (χ2v) is 4.42. The molecule has 4 nitrogen and oxygen atoms in total. The second-order valence-electron chi connectivity index (χ2n) is 4.42. The van der Waals surface area contributed by atoms with Crippen molar-refractivity contribution >= 4 is 0 Å². The number of nitrogens with one attached hydrogen (secondary N) is 1. The van der Waals surface area contributed by atoms with Gasteiger partial charge in [-0.2, -0.15) is 0 Å². The van der Waals surface area contributed by atoms with Gasteiger partial charge < -0.3 is 19.7 Å². The minimum atomic E-state index is 0.729. The summed E-state index contributed by atoms with van der Waals surface area (Å²) in [5.41, 5.74) is 0. The Bertz CT molecular complexity index is 161. The van der Waals surface area contributed by atoms with Crippen molar-refractivity contribution < 1.29 is 9.47 Å². The number of ether oxygens (including phenoxy) is 2. The number of methoxy groups -OCH3 is 1. The van der Waals surface area contributed by atoms with Crippen molar-refractivity contribution in [2.75, 3.05) is 53.6 Å². The topological polar surface area (TPSA) is 33.7 Å². The molecule has 0 radical (unpaired) electrons. The summed E-state index contributed by atoms with van der Waals surface area (Å²) in [7, 11) is 3.96. The first-order chi connectivity index (χ1) is 7.84. The molecule has 0 saturated carbocycles. The van der Waals surface area contributed by atoms with Gasteiger partial charge in [0, 0.05) is 32.9 Å². The largest absolute Gasteiger partial charge is 0.383 e. The molecule has 0 aliphatic carbocycles. The van der Waals surface area contributed by atoms with Gasteiger partial charge in [0.05, 0.1) is 6.61 Å². The van der Waals surface area contributed by atoms with Gasteiger partial charge in [-0.15, -0.1) is 0 Å². The highest BCUT2D eigenvalue weighted by Gasteiger charge is 2.17. The van der Waals surface area contributed by atoms with Crippen LogP contribution in [0.15, 0.2) is 0 Å². The molecule has 0 aromatic rings. The Kier molecular flexibility index (Phi) is 7.76. The molecule has 96 valence electrons. The van der Waals surface area contributed by atoms with Gasteiger partial charge in [-0.05, 0) is 39.4 Å². The zero-order valence-electron chi connectivity index (χ0n) is 10.7. The van der Waals surface area contributed by atoms with Crippen LogP contribution in [-0.4, -0.2) is 64.6 Å². The molecular formula is C12H26N2O2. The van der Waals surface area contributed by atoms with E-state index in [2.05, 4.69) is 17.3 Å². The van der Waals surface area contributed by atoms with Crippen molar-refractivity contribution in [1.82, 2.24) is 10.2 Å². The average molecular weight is 230 g/mol. The van der Waals surface area contributed by atoms with Gasteiger partial charge in [0.15, 0.2) is 0 Å². The minimum absolute atomic E-state index is 0.729. The van der Waals surface area contributed by atoms with Gasteiger partial charge in [0.2, 0.25) is 0 Å². The predicted octanol–water partition coefficient (Wildman–Crippen LogP) is 0.723. The third-order valence-electron chi connectivity index (χ3n) is 3.16. The monoisotopic (exact) mass is 230 g/mol. The molecular weight excluding hydrogens is 204 g/mol. The number of hydrogen-bond donors (Lipinski definition) is 1. The first-order valence-electron chi connectivity index (χ1n) is 6.32. The number of rotatable bonds is 8. The molecule has 1 heterocycles. The van der Waals surface area contributed by atoms with Crippen LogP contribution in [0.1, 0.15) is 19.3 Å². The van der Waals surface area contributed by atoms with Crippen LogP contribution in [0.2, 0.25) is 0 Å². The third-order valence-corrected chi connectivity index (χ3v) is 3.16. The number of nitrogens with zero attached hydrogens (tertiary/aromatic N) is 1. The van der Waals surface area contributed by atoms with E-state index in [9.17, 15) is 0 Å². The Morgan fingerprint density at radius 3 is 2.75 bits per heavy atom. The van der Waals surface area contributed by atoms with E-state index in [1.165, 1.54) is 25.8 Å². The maximum Gasteiger partial charge on any atom is 0.0587 e. The fraction of sp³-hybridized carbons (Fsp3) is 1.00. The minimum Gasteiger partial charge on any atom is -0.383 e. The van der Waals surface area contributed by atoms with Crippen molar-refractivity contribution in [2.45, 2.75) is 25.3 Å². The lowest BCUT2D eigenvalue weighted by Crippen LogP contribution is -2.38. The van der Waals surface area contributed by atoms with E-state index in [0.717, 1.165) is 39.0 Å². The molecule has 1 aliphatic rings. The van der Waals surface area contributed by atoms with E-state index in [1.807, 2.05) is 0 Å². The summed E-state index contributed by atoms with van der Waals surface area (Å²) in [4.78, 5) is 2.47. The quantitative estimate of drug-likeness (QED) is 0.623. The van der Waals surface area contributed by atoms with Crippen LogP contribution >= 0.6 is 0 Å². The van der Waals surface area contributed by atoms with E-state index in [4.69, 9.17) is 9.47 Å². The Hall–Kier alpha value is -0.160. The molecule has 1 N–H and O–H groups in total. The van der Waals surface area contributed by atoms with Crippen molar-refractivity contribution in [2.24, 2.45) is 0 Å². The second kappa shape index (κ2) is 8.93. The first-order valence-corrected chi connectivity index (χ1v) is 6.32. The van der Waals surface area contributed by atoms with Crippen molar-refractivity contribution in [1.29, 1.82) is 0 Å². The Labute approximate surface area is 99.3 Å². The van der Waals surface area contributed by atoms with Gasteiger partial charge in [-0.3, -0.25) is 0 Å². The molecule has 1 aliphatic heterocycles. The van der Waals surface area contributed by atoms with Crippen LogP contribution in [0, 0.1) is 0 Å². The van der Waals surface area contributed by atoms with E-state index in [1.54, 1.807) is 7.11 Å². The Morgan fingerprint density at radius 2 is 2.06 bits per heavy atom. The lowest BCUT2D eigenvalue weighted by atomic mass is 10.1. The van der Waals surface area contributed by atoms with E-state index < -0.39 is 0 Å². The van der Waals surface area contributed by atoms with Crippen LogP contribution < -0.4 is 5.32 Å². The number of hydrogen-bond acceptors (Lipinski definition) is 4. The first kappa shape index (κ1) is 13.9. The molecule has 16 heavy (non-hydrogen) atoms. The normalized spacial score (nSPS) is 18.2. The van der Waals surface area contributed by atoms with Crippen molar-refractivity contribution in [3.05, 3.63) is 0 Å². The molecule has 0 atom stereocenters. The summed E-state index contributed by atoms with van der Waals surface area (Å²) >= 11 is 0. The smallest absolute Gasteiger partial charge is 0.0587 e. The highest BCUT2D eigenvalue weighted by Crippen LogP contribution is 2.12. The lowest BCUT2D eigenvalue weighted by Gasteiger charge is -2.31. The van der Waals surface area contributed by atoms with Gasteiger partial charge in [0.1, 0.15) is 0 Å². The Balaban J connectivity index is 1.94. The van der Waals surface area contributed by atoms with Crippen LogP contribution in [0.4, 0.5) is 0 Å². The molecule has 1 fully saturated rings. The fourth-order valence-corrected chi connectivity index (χ4v) is 2.06. The maximum atomic E-state index is 5.37. The molecule has 0 aromatic carbocycles. The fourth-order valence-electron chi connectivity index (χ4n) is 2.06. The SMILES string of the molecule is COCCNCCCN(C)C1CCOCC1. The summed E-state index contributed by atoms with van der Waals surface area (Å²) < 4.78 is 10.3. The molecule has 1 saturated heterocycles. The van der Waals surface area contributed by atoms with E-state index in [0.29, 0.717) is 0 Å². The molecule has 0 bridgehead atoms. The van der Waals surface area contributed by atoms with Crippen molar-refractivity contribution in [3.8, 4) is 0 Å². The maximum absolute atomic E-state index is 5.37. The molecule has 1 rings (SSSR count). The van der Waals surface area contributed by atoms with Gasteiger partial charge in [-0.25, -0.2) is 0 Å². The molecule has 0 unspecified atom stereocenters. The summed E-state index contributed by atoms with van der Waals surface area (Å²) in [6.07, 6.45) is 3.58. The highest BCUT2D eigenvalue weighted by molar-refractivity contribution is 4.71. The summed E-state index contributed by atoms with van der Waals surface area (Å²) in [5.74, 6) is 0. The molecule has 0 aromatic heterocycles. The van der Waals surface area contributed by atoms with Crippen molar-refractivity contribution in [3.63, 3.8) is 0 Å². The zero-order valence-corrected chi connectivity index (χ0v) is 10.7. The lowest BCUT2D eigenvalue weighted by molar-refractivity contribution is 0.0428. The molecule has 0 amide bonds. The summed E-state index contributed by atoms with van der Waals surface area (Å²) in [5, 5.41) is 3.37. The third kappa shape index (κ3) is 5.80. The summed E-state index contributed by atoms with van der Waals surface area (Å²) in [6, 6.07) is 0.729. The Morgan fingerprint density at radius 1 is 1.31 bits per heavy atom. The molecule has 4 heteroatoms.